The van der Waals surface area contributed by atoms with Crippen LogP contribution in [0, 0.1) is 0 Å². The fraction of sp³-hybridized carbons (Fsp3) is 0.333. The van der Waals surface area contributed by atoms with Crippen LogP contribution in [0.4, 0.5) is 0 Å². The summed E-state index contributed by atoms with van der Waals surface area (Å²) in [5.74, 6) is 0. The van der Waals surface area contributed by atoms with Crippen LogP contribution in [0.15, 0.2) is 12.7 Å². The molecule has 40 valence electrons. The minimum atomic E-state index is 0.833. The number of hydrogen-bond acceptors (Lipinski definition) is 0. The van der Waals surface area contributed by atoms with Crippen LogP contribution in [0.1, 0.15) is 0 Å². The zero-order valence-corrected chi connectivity index (χ0v) is 4.04. The van der Waals surface area contributed by atoms with Crippen LogP contribution in [0.5, 0.6) is 0 Å². The molecule has 4 heteroatoms. The Balaban J connectivity index is 0. The third kappa shape index (κ3) is 454000. The molecule has 0 heterocycles. The smallest absolute Gasteiger partial charge is 0.0924 e. The molecule has 0 rings (SSSR count). The molecule has 0 unspecified atom stereocenters. The Hall–Kier alpha value is -0.990. The molecule has 0 amide bonds. The molecule has 0 aromatic carbocycles. The first-order chi connectivity index (χ1) is 3.33. The van der Waals surface area contributed by atoms with E-state index in [1.165, 1.54) is 4.91 Å². The third-order valence-corrected chi connectivity index (χ3v) is 0.204. The van der Waals surface area contributed by atoms with Gasteiger partial charge in [0.1, 0.15) is 0 Å². The van der Waals surface area contributed by atoms with E-state index in [1.54, 1.807) is 6.08 Å². The summed E-state index contributed by atoms with van der Waals surface area (Å²) in [5.41, 5.74) is 17.0. The fourth-order valence-electron chi connectivity index (χ4n) is 0. The molecule has 0 atom stereocenters. The van der Waals surface area contributed by atoms with Crippen LogP contribution >= 0.6 is 0 Å². The molecule has 3 N–H and O–H groups in total. The van der Waals surface area contributed by atoms with E-state index < -0.39 is 0 Å². The first kappa shape index (κ1) is 9.38. The van der Waals surface area contributed by atoms with Gasteiger partial charge in [-0.2, -0.15) is 0 Å². The average molecular weight is 100 g/mol. The molecule has 0 aliphatic carbocycles. The lowest BCUT2D eigenvalue weighted by molar-refractivity contribution is -0.352. The van der Waals surface area contributed by atoms with E-state index >= 15 is 0 Å². The standard InChI is InChI=1S/C3H7N.N3/c1-2-3-4;1-3-2/h2H,1,3-4H2;/q;-1/p+1. The van der Waals surface area contributed by atoms with Gasteiger partial charge in [0, 0.05) is 0 Å². The van der Waals surface area contributed by atoms with E-state index in [2.05, 4.69) is 12.3 Å². The molecule has 0 saturated heterocycles. The van der Waals surface area contributed by atoms with Crippen molar-refractivity contribution in [2.45, 2.75) is 0 Å². The molecule has 0 spiro atoms. The van der Waals surface area contributed by atoms with Crippen molar-refractivity contribution in [3.8, 4) is 0 Å². The van der Waals surface area contributed by atoms with E-state index in [4.69, 9.17) is 11.1 Å². The lowest BCUT2D eigenvalue weighted by Gasteiger charge is -1.57. The first-order valence-corrected chi connectivity index (χ1v) is 1.72. The normalized spacial score (nSPS) is 4.71. The minimum absolute atomic E-state index is 0.833. The van der Waals surface area contributed by atoms with Crippen molar-refractivity contribution in [3.05, 3.63) is 28.6 Å². The van der Waals surface area contributed by atoms with Gasteiger partial charge in [-0.1, -0.05) is 6.58 Å². The molecule has 0 bridgehead atoms. The number of quaternary nitrogens is 1. The zero-order chi connectivity index (χ0) is 6.12. The van der Waals surface area contributed by atoms with Crippen molar-refractivity contribution >= 4 is 0 Å². The topological polar surface area (TPSA) is 86.3 Å². The zero-order valence-electron chi connectivity index (χ0n) is 4.04. The average Bonchev–Trinajstić information content (AvgIpc) is 1.69. The Morgan fingerprint density at radius 1 is 1.71 bits per heavy atom. The second-order valence-electron chi connectivity index (χ2n) is 0.667. The molecule has 0 aliphatic heterocycles. The van der Waals surface area contributed by atoms with E-state index in [9.17, 15) is 0 Å². The van der Waals surface area contributed by atoms with Crippen LogP contribution in [0.3, 0.4) is 0 Å². The molecular weight excluding hydrogens is 92.1 g/mol. The Labute approximate surface area is 42.0 Å². The molecular formula is C3H8N4. The predicted molar refractivity (Wildman–Crippen MR) is 28.0 cm³/mol. The largest absolute Gasteiger partial charge is 0.373 e. The van der Waals surface area contributed by atoms with Crippen LogP contribution in [-0.4, -0.2) is 6.54 Å². The van der Waals surface area contributed by atoms with Crippen molar-refractivity contribution < 1.29 is 5.73 Å². The van der Waals surface area contributed by atoms with Gasteiger partial charge in [-0.3, -0.25) is 4.91 Å². The maximum atomic E-state index is 6.75. The minimum Gasteiger partial charge on any atom is -0.373 e. The highest BCUT2D eigenvalue weighted by Crippen LogP contribution is 1.36. The van der Waals surface area contributed by atoms with Crippen LogP contribution < -0.4 is 5.73 Å². The predicted octanol–water partition coefficient (Wildman–Crippen LogP) is 0.280. The highest BCUT2D eigenvalue weighted by atomic mass is 15.0. The van der Waals surface area contributed by atoms with Crippen LogP contribution in [0.25, 0.3) is 16.0 Å². The summed E-state index contributed by atoms with van der Waals surface area (Å²) < 4.78 is 0. The van der Waals surface area contributed by atoms with Gasteiger partial charge in [0.05, 0.1) is 6.54 Å². The summed E-state index contributed by atoms with van der Waals surface area (Å²) in [6.45, 7) is 4.25. The number of nitrogens with zero attached hydrogens (tertiary/aromatic N) is 3. The quantitative estimate of drug-likeness (QED) is 0.212. The van der Waals surface area contributed by atoms with Crippen molar-refractivity contribution in [1.82, 2.24) is 0 Å². The van der Waals surface area contributed by atoms with Gasteiger partial charge >= 0.3 is 0 Å². The monoisotopic (exact) mass is 100 g/mol. The van der Waals surface area contributed by atoms with Crippen molar-refractivity contribution in [2.24, 2.45) is 0 Å². The summed E-state index contributed by atoms with van der Waals surface area (Å²) in [5, 5.41) is 0. The molecule has 0 aliphatic rings. The Kier molecular flexibility index (Phi) is 26.7. The van der Waals surface area contributed by atoms with Crippen molar-refractivity contribution in [3.63, 3.8) is 0 Å². The summed E-state index contributed by atoms with van der Waals surface area (Å²) in [4.78, 5) is 1.50. The van der Waals surface area contributed by atoms with E-state index in [-0.39, 0.29) is 0 Å². The Morgan fingerprint density at radius 3 is 1.86 bits per heavy atom. The Bertz CT molecular complexity index is 61.3. The van der Waals surface area contributed by atoms with Crippen molar-refractivity contribution in [1.29, 1.82) is 0 Å². The maximum absolute atomic E-state index is 6.75. The van der Waals surface area contributed by atoms with E-state index in [1.807, 2.05) is 0 Å². The molecule has 0 fully saturated rings. The SMILES string of the molecule is C=CC[NH3+].[N-]=[N+]=[N-]. The van der Waals surface area contributed by atoms with Gasteiger partial charge in [-0.25, -0.2) is 0 Å². The van der Waals surface area contributed by atoms with Gasteiger partial charge < -0.3 is 16.8 Å². The highest BCUT2D eigenvalue weighted by Gasteiger charge is 1.48. The summed E-state index contributed by atoms with van der Waals surface area (Å²) in [7, 11) is 0. The number of hydrogen-bond donors (Lipinski definition) is 1. The highest BCUT2D eigenvalue weighted by molar-refractivity contribution is 4.59. The van der Waals surface area contributed by atoms with E-state index in [0.29, 0.717) is 0 Å². The second kappa shape index (κ2) is 19.9. The van der Waals surface area contributed by atoms with Crippen LogP contribution in [0.2, 0.25) is 0 Å². The first-order valence-electron chi connectivity index (χ1n) is 1.72. The van der Waals surface area contributed by atoms with E-state index in [0.717, 1.165) is 6.54 Å². The summed E-state index contributed by atoms with van der Waals surface area (Å²) in [6, 6.07) is 0. The molecule has 0 saturated carbocycles. The molecule has 7 heavy (non-hydrogen) atoms. The molecule has 0 aromatic heterocycles. The van der Waals surface area contributed by atoms with Gasteiger partial charge in [0.25, 0.3) is 0 Å². The fourth-order valence-corrected chi connectivity index (χ4v) is 0. The Morgan fingerprint density at radius 2 is 1.86 bits per heavy atom. The number of rotatable bonds is 1. The summed E-state index contributed by atoms with van der Waals surface area (Å²) >= 11 is 0. The second-order valence-corrected chi connectivity index (χ2v) is 0.667. The van der Waals surface area contributed by atoms with Gasteiger partial charge in [-0.05, 0) is 6.08 Å². The molecule has 0 aromatic rings. The van der Waals surface area contributed by atoms with Gasteiger partial charge in [0.15, 0.2) is 0 Å². The lowest BCUT2D eigenvalue weighted by Crippen LogP contribution is -2.48. The molecule has 4 nitrogen and oxygen atoms in total. The van der Waals surface area contributed by atoms with Gasteiger partial charge in [0.2, 0.25) is 0 Å². The van der Waals surface area contributed by atoms with Crippen molar-refractivity contribution in [2.75, 3.05) is 6.54 Å². The molecule has 0 radical (unpaired) electrons. The summed E-state index contributed by atoms with van der Waals surface area (Å²) in [6.07, 6.45) is 1.76. The third-order valence-electron chi connectivity index (χ3n) is 0.204. The lowest BCUT2D eigenvalue weighted by atomic mass is 10.7. The maximum Gasteiger partial charge on any atom is 0.0924 e. The van der Waals surface area contributed by atoms with Gasteiger partial charge in [-0.15, -0.1) is 0 Å². The van der Waals surface area contributed by atoms with Crippen LogP contribution in [-0.2, 0) is 0 Å².